The zero-order valence-electron chi connectivity index (χ0n) is 7.72. The van der Waals surface area contributed by atoms with Crippen LogP contribution in [0, 0.1) is 5.92 Å². The second kappa shape index (κ2) is 6.26. The lowest BCUT2D eigenvalue weighted by Crippen LogP contribution is -2.15. The molecule has 0 aliphatic carbocycles. The zero-order chi connectivity index (χ0) is 8.69. The van der Waals surface area contributed by atoms with Crippen LogP contribution in [0.4, 0.5) is 0 Å². The molecule has 0 aromatic heterocycles. The lowest BCUT2D eigenvalue weighted by Gasteiger charge is -2.11. The summed E-state index contributed by atoms with van der Waals surface area (Å²) in [6, 6.07) is 0. The highest BCUT2D eigenvalue weighted by atomic mass is 16.5. The van der Waals surface area contributed by atoms with E-state index in [2.05, 4.69) is 11.6 Å². The first-order chi connectivity index (χ1) is 5.26. The van der Waals surface area contributed by atoms with Crippen LogP contribution in [0.15, 0.2) is 0 Å². The molecule has 0 fully saturated rings. The van der Waals surface area contributed by atoms with Gasteiger partial charge in [-0.05, 0) is 12.8 Å². The Morgan fingerprint density at radius 1 is 1.55 bits per heavy atom. The van der Waals surface area contributed by atoms with Gasteiger partial charge >= 0.3 is 8.05 Å². The highest BCUT2D eigenvalue weighted by molar-refractivity contribution is 6.05. The maximum Gasteiger partial charge on any atom is 0.325 e. The van der Waals surface area contributed by atoms with Gasteiger partial charge in [-0.2, -0.15) is 0 Å². The molecule has 0 spiro atoms. The van der Waals surface area contributed by atoms with E-state index < -0.39 is 0 Å². The van der Waals surface area contributed by atoms with Gasteiger partial charge in [-0.1, -0.05) is 26.7 Å². The fourth-order valence-electron chi connectivity index (χ4n) is 1.11. The molecular formula is C8H17BO2. The quantitative estimate of drug-likeness (QED) is 0.560. The van der Waals surface area contributed by atoms with Gasteiger partial charge in [-0.15, -0.1) is 0 Å². The second-order valence-corrected chi connectivity index (χ2v) is 2.77. The molecule has 3 heteroatoms. The molecule has 1 unspecified atom stereocenters. The van der Waals surface area contributed by atoms with E-state index in [0.29, 0.717) is 0 Å². The largest absolute Gasteiger partial charge is 0.543 e. The average molecular weight is 156 g/mol. The van der Waals surface area contributed by atoms with Crippen LogP contribution in [0.3, 0.4) is 0 Å². The molecule has 0 N–H and O–H groups in total. The summed E-state index contributed by atoms with van der Waals surface area (Å²) < 4.78 is 4.66. The molecule has 64 valence electrons. The molecule has 0 aliphatic heterocycles. The molecule has 0 saturated carbocycles. The van der Waals surface area contributed by atoms with Crippen LogP contribution in [0.1, 0.15) is 39.5 Å². The minimum absolute atomic E-state index is 0.0547. The van der Waals surface area contributed by atoms with Gasteiger partial charge in [-0.3, -0.25) is 4.79 Å². The molecule has 0 heterocycles. The number of hydrogen-bond acceptors (Lipinski definition) is 2. The van der Waals surface area contributed by atoms with E-state index in [1.807, 2.05) is 6.92 Å². The normalized spacial score (nSPS) is 12.5. The van der Waals surface area contributed by atoms with Crippen LogP contribution in [0.5, 0.6) is 0 Å². The second-order valence-electron chi connectivity index (χ2n) is 2.77. The van der Waals surface area contributed by atoms with Gasteiger partial charge in [0.2, 0.25) is 0 Å². The molecular weight excluding hydrogens is 139 g/mol. The minimum atomic E-state index is -0.0547. The van der Waals surface area contributed by atoms with E-state index in [-0.39, 0.29) is 11.9 Å². The Balaban J connectivity index is 3.65. The van der Waals surface area contributed by atoms with Crippen molar-refractivity contribution in [2.24, 2.45) is 5.92 Å². The summed E-state index contributed by atoms with van der Waals surface area (Å²) in [6.07, 6.45) is 4.13. The lowest BCUT2D eigenvalue weighted by atomic mass is 9.99. The Morgan fingerprint density at radius 3 is 2.55 bits per heavy atom. The van der Waals surface area contributed by atoms with Gasteiger partial charge in [0.1, 0.15) is 0 Å². The van der Waals surface area contributed by atoms with Gasteiger partial charge in [0, 0.05) is 0 Å². The predicted octanol–water partition coefficient (Wildman–Crippen LogP) is 1.29. The molecule has 0 rings (SSSR count). The molecule has 1 atom stereocenters. The minimum Gasteiger partial charge on any atom is -0.543 e. The van der Waals surface area contributed by atoms with E-state index >= 15 is 0 Å². The average Bonchev–Trinajstić information content (AvgIpc) is 2.05. The highest BCUT2D eigenvalue weighted by Gasteiger charge is 2.14. The Bertz CT molecular complexity index is 115. The topological polar surface area (TPSA) is 26.3 Å². The van der Waals surface area contributed by atoms with Crippen molar-refractivity contribution in [3.05, 3.63) is 0 Å². The molecule has 0 aromatic carbocycles. The first kappa shape index (κ1) is 10.5. The smallest absolute Gasteiger partial charge is 0.325 e. The van der Waals surface area contributed by atoms with Crippen LogP contribution < -0.4 is 0 Å². The van der Waals surface area contributed by atoms with E-state index in [9.17, 15) is 4.79 Å². The van der Waals surface area contributed by atoms with E-state index in [1.54, 1.807) is 0 Å². The summed E-state index contributed by atoms with van der Waals surface area (Å²) in [5.74, 6) is 0.0703. The van der Waals surface area contributed by atoms with Gasteiger partial charge < -0.3 is 4.65 Å². The molecule has 0 aliphatic rings. The number of unbranched alkanes of at least 4 members (excludes halogenated alkanes) is 1. The maximum absolute atomic E-state index is 11.0. The number of rotatable bonds is 5. The lowest BCUT2D eigenvalue weighted by molar-refractivity contribution is -0.138. The molecule has 0 saturated heterocycles. The fraction of sp³-hybridized carbons (Fsp3) is 0.875. The van der Waals surface area contributed by atoms with Gasteiger partial charge in [-0.25, -0.2) is 0 Å². The third kappa shape index (κ3) is 4.07. The van der Waals surface area contributed by atoms with Crippen LogP contribution in [-0.2, 0) is 9.45 Å². The van der Waals surface area contributed by atoms with Gasteiger partial charge in [0.25, 0.3) is 5.97 Å². The number of carbonyl (C=O) groups excluding carboxylic acids is 1. The van der Waals surface area contributed by atoms with Crippen molar-refractivity contribution in [2.45, 2.75) is 39.5 Å². The summed E-state index contributed by atoms with van der Waals surface area (Å²) in [5.41, 5.74) is 0. The van der Waals surface area contributed by atoms with Crippen molar-refractivity contribution >= 4 is 14.0 Å². The molecule has 0 radical (unpaired) electrons. The van der Waals surface area contributed by atoms with Gasteiger partial charge in [0.15, 0.2) is 0 Å². The van der Waals surface area contributed by atoms with E-state index in [4.69, 9.17) is 0 Å². The first-order valence-corrected chi connectivity index (χ1v) is 4.34. The van der Waals surface area contributed by atoms with E-state index in [0.717, 1.165) is 25.7 Å². The van der Waals surface area contributed by atoms with Crippen molar-refractivity contribution in [1.29, 1.82) is 0 Å². The van der Waals surface area contributed by atoms with Gasteiger partial charge in [0.05, 0.1) is 5.92 Å². The third-order valence-corrected chi connectivity index (χ3v) is 1.93. The van der Waals surface area contributed by atoms with Crippen molar-refractivity contribution in [2.75, 3.05) is 0 Å². The summed E-state index contributed by atoms with van der Waals surface area (Å²) in [4.78, 5) is 11.0. The van der Waals surface area contributed by atoms with Crippen LogP contribution >= 0.6 is 0 Å². The predicted molar refractivity (Wildman–Crippen MR) is 47.9 cm³/mol. The Kier molecular flexibility index (Phi) is 5.99. The molecule has 11 heavy (non-hydrogen) atoms. The third-order valence-electron chi connectivity index (χ3n) is 1.93. The van der Waals surface area contributed by atoms with Crippen molar-refractivity contribution in [3.63, 3.8) is 0 Å². The summed E-state index contributed by atoms with van der Waals surface area (Å²) in [6.45, 7) is 4.15. The zero-order valence-corrected chi connectivity index (χ0v) is 7.72. The molecule has 0 amide bonds. The Hall–Kier alpha value is -0.465. The standard InChI is InChI=1S/C8H17BO2/c1-3-5-6-7(4-2)8(10)11-9/h7H,3-6,9H2,1-2H3. The molecule has 2 nitrogen and oxygen atoms in total. The van der Waals surface area contributed by atoms with Crippen LogP contribution in [0.25, 0.3) is 0 Å². The van der Waals surface area contributed by atoms with Crippen molar-refractivity contribution in [3.8, 4) is 0 Å². The van der Waals surface area contributed by atoms with Crippen molar-refractivity contribution in [1.82, 2.24) is 0 Å². The SMILES string of the molecule is BOC(=O)C(CC)CCCC. The van der Waals surface area contributed by atoms with E-state index in [1.165, 1.54) is 8.05 Å². The van der Waals surface area contributed by atoms with Crippen LogP contribution in [0.2, 0.25) is 0 Å². The van der Waals surface area contributed by atoms with Crippen LogP contribution in [-0.4, -0.2) is 14.0 Å². The summed E-state index contributed by atoms with van der Waals surface area (Å²) in [7, 11) is 1.46. The maximum atomic E-state index is 11.0. The Morgan fingerprint density at radius 2 is 2.18 bits per heavy atom. The molecule has 0 bridgehead atoms. The highest BCUT2D eigenvalue weighted by Crippen LogP contribution is 2.13. The summed E-state index contributed by atoms with van der Waals surface area (Å²) >= 11 is 0. The fourth-order valence-corrected chi connectivity index (χ4v) is 1.11. The molecule has 0 aromatic rings. The monoisotopic (exact) mass is 156 g/mol. The number of carbonyl (C=O) groups is 1. The van der Waals surface area contributed by atoms with Crippen molar-refractivity contribution < 1.29 is 9.45 Å². The Labute approximate surface area is 69.8 Å². The number of hydrogen-bond donors (Lipinski definition) is 0. The summed E-state index contributed by atoms with van der Waals surface area (Å²) in [5, 5.41) is 0. The first-order valence-electron chi connectivity index (χ1n) is 4.34.